The minimum absolute atomic E-state index is 0.220. The molecule has 2 rings (SSSR count). The van der Waals surface area contributed by atoms with Crippen molar-refractivity contribution in [1.29, 1.82) is 0 Å². The highest BCUT2D eigenvalue weighted by Gasteiger charge is 2.04. The summed E-state index contributed by atoms with van der Waals surface area (Å²) in [7, 11) is 0. The number of hydrogen-bond donors (Lipinski definition) is 1. The summed E-state index contributed by atoms with van der Waals surface area (Å²) in [6.07, 6.45) is 1.58. The van der Waals surface area contributed by atoms with Crippen molar-refractivity contribution in [3.8, 4) is 0 Å². The van der Waals surface area contributed by atoms with Gasteiger partial charge >= 0.3 is 0 Å². The van der Waals surface area contributed by atoms with E-state index in [0.29, 0.717) is 18.7 Å². The summed E-state index contributed by atoms with van der Waals surface area (Å²) in [4.78, 5) is 0. The maximum Gasteiger partial charge on any atom is 0.129 e. The summed E-state index contributed by atoms with van der Waals surface area (Å²) in [6.45, 7) is 0.896. The van der Waals surface area contributed by atoms with E-state index < -0.39 is 0 Å². The van der Waals surface area contributed by atoms with E-state index >= 15 is 0 Å². The molecular formula is C13H14FNO2. The van der Waals surface area contributed by atoms with Crippen molar-refractivity contribution in [3.63, 3.8) is 0 Å². The molecule has 0 saturated carbocycles. The summed E-state index contributed by atoms with van der Waals surface area (Å²) in [6, 6.07) is 8.53. The van der Waals surface area contributed by atoms with Crippen molar-refractivity contribution < 1.29 is 13.5 Å². The molecule has 0 amide bonds. The van der Waals surface area contributed by atoms with Gasteiger partial charge in [-0.15, -0.1) is 0 Å². The van der Waals surface area contributed by atoms with Crippen LogP contribution in [0.15, 0.2) is 41.0 Å². The Labute approximate surface area is 99.0 Å². The quantitative estimate of drug-likeness (QED) is 0.866. The van der Waals surface area contributed by atoms with E-state index in [1.165, 1.54) is 6.07 Å². The molecule has 1 aromatic heterocycles. The van der Waals surface area contributed by atoms with Crippen molar-refractivity contribution in [3.05, 3.63) is 59.3 Å². The van der Waals surface area contributed by atoms with Gasteiger partial charge in [0.15, 0.2) is 0 Å². The van der Waals surface area contributed by atoms with E-state index in [0.717, 1.165) is 11.3 Å². The second kappa shape index (κ2) is 5.61. The standard InChI is InChI=1S/C13H14FNO2/c14-13-6-10(7-15)3-4-11(13)8-16-9-12-2-1-5-17-12/h1-6H,7-9,15H2. The van der Waals surface area contributed by atoms with Gasteiger partial charge in [-0.25, -0.2) is 4.39 Å². The first-order chi connectivity index (χ1) is 8.29. The third kappa shape index (κ3) is 3.15. The van der Waals surface area contributed by atoms with E-state index in [4.69, 9.17) is 14.9 Å². The second-order valence-corrected chi connectivity index (χ2v) is 3.70. The lowest BCUT2D eigenvalue weighted by atomic mass is 10.1. The molecule has 0 spiro atoms. The Balaban J connectivity index is 1.90. The summed E-state index contributed by atoms with van der Waals surface area (Å²) < 4.78 is 24.0. The number of nitrogens with two attached hydrogens (primary N) is 1. The van der Waals surface area contributed by atoms with Crippen molar-refractivity contribution in [2.24, 2.45) is 5.73 Å². The molecule has 0 unspecified atom stereocenters. The van der Waals surface area contributed by atoms with E-state index in [2.05, 4.69) is 0 Å². The van der Waals surface area contributed by atoms with Crippen LogP contribution in [0.3, 0.4) is 0 Å². The number of rotatable bonds is 5. The fraction of sp³-hybridized carbons (Fsp3) is 0.231. The van der Waals surface area contributed by atoms with Crippen LogP contribution in [0.25, 0.3) is 0 Å². The Morgan fingerprint density at radius 3 is 2.76 bits per heavy atom. The largest absolute Gasteiger partial charge is 0.467 e. The maximum absolute atomic E-state index is 13.5. The molecule has 0 fully saturated rings. The van der Waals surface area contributed by atoms with Gasteiger partial charge in [0, 0.05) is 12.1 Å². The number of halogens is 1. The molecule has 4 heteroatoms. The number of ether oxygens (including phenoxy) is 1. The zero-order valence-electron chi connectivity index (χ0n) is 9.36. The van der Waals surface area contributed by atoms with Gasteiger partial charge in [0.25, 0.3) is 0 Å². The predicted molar refractivity (Wildman–Crippen MR) is 61.5 cm³/mol. The van der Waals surface area contributed by atoms with Gasteiger partial charge in [-0.1, -0.05) is 12.1 Å². The fourth-order valence-corrected chi connectivity index (χ4v) is 1.49. The van der Waals surface area contributed by atoms with Crippen LogP contribution in [0.2, 0.25) is 0 Å². The minimum Gasteiger partial charge on any atom is -0.467 e. The molecule has 0 bridgehead atoms. The van der Waals surface area contributed by atoms with Crippen molar-refractivity contribution in [2.45, 2.75) is 19.8 Å². The molecule has 0 aliphatic carbocycles. The highest BCUT2D eigenvalue weighted by Crippen LogP contribution is 2.12. The lowest BCUT2D eigenvalue weighted by Crippen LogP contribution is -2.00. The third-order valence-corrected chi connectivity index (χ3v) is 2.44. The second-order valence-electron chi connectivity index (χ2n) is 3.70. The van der Waals surface area contributed by atoms with Crippen LogP contribution in [0.4, 0.5) is 4.39 Å². The predicted octanol–water partition coefficient (Wildman–Crippen LogP) is 2.59. The van der Waals surface area contributed by atoms with Gasteiger partial charge in [-0.05, 0) is 23.8 Å². The fourth-order valence-electron chi connectivity index (χ4n) is 1.49. The molecule has 17 heavy (non-hydrogen) atoms. The van der Waals surface area contributed by atoms with Crippen LogP contribution >= 0.6 is 0 Å². The van der Waals surface area contributed by atoms with E-state index in [1.54, 1.807) is 24.5 Å². The van der Waals surface area contributed by atoms with Gasteiger partial charge in [0.2, 0.25) is 0 Å². The van der Waals surface area contributed by atoms with E-state index in [9.17, 15) is 4.39 Å². The lowest BCUT2D eigenvalue weighted by Gasteiger charge is -2.05. The first-order valence-corrected chi connectivity index (χ1v) is 5.37. The molecule has 3 nitrogen and oxygen atoms in total. The van der Waals surface area contributed by atoms with Gasteiger partial charge < -0.3 is 14.9 Å². The summed E-state index contributed by atoms with van der Waals surface area (Å²) in [5.41, 5.74) is 6.72. The summed E-state index contributed by atoms with van der Waals surface area (Å²) in [5.74, 6) is 0.441. The van der Waals surface area contributed by atoms with Crippen LogP contribution in [-0.4, -0.2) is 0 Å². The normalized spacial score (nSPS) is 10.7. The molecule has 1 aromatic carbocycles. The third-order valence-electron chi connectivity index (χ3n) is 2.44. The van der Waals surface area contributed by atoms with Crippen molar-refractivity contribution in [1.82, 2.24) is 0 Å². The molecule has 2 aromatic rings. The first-order valence-electron chi connectivity index (χ1n) is 5.37. The van der Waals surface area contributed by atoms with Crippen LogP contribution in [0.1, 0.15) is 16.9 Å². The average molecular weight is 235 g/mol. The molecule has 2 N–H and O–H groups in total. The smallest absolute Gasteiger partial charge is 0.129 e. The van der Waals surface area contributed by atoms with Gasteiger partial charge in [0.05, 0.1) is 12.9 Å². The van der Waals surface area contributed by atoms with Crippen LogP contribution < -0.4 is 5.73 Å². The highest BCUT2D eigenvalue weighted by molar-refractivity contribution is 5.23. The zero-order chi connectivity index (χ0) is 12.1. The molecule has 90 valence electrons. The summed E-state index contributed by atoms with van der Waals surface area (Å²) in [5, 5.41) is 0. The molecular weight excluding hydrogens is 221 g/mol. The number of benzene rings is 1. The minimum atomic E-state index is -0.285. The van der Waals surface area contributed by atoms with Gasteiger partial charge in [-0.3, -0.25) is 0 Å². The SMILES string of the molecule is NCc1ccc(COCc2ccco2)c(F)c1. The van der Waals surface area contributed by atoms with Crippen LogP contribution in [-0.2, 0) is 24.5 Å². The van der Waals surface area contributed by atoms with Crippen LogP contribution in [0.5, 0.6) is 0 Å². The van der Waals surface area contributed by atoms with Gasteiger partial charge in [0.1, 0.15) is 18.2 Å². The maximum atomic E-state index is 13.5. The van der Waals surface area contributed by atoms with E-state index in [1.807, 2.05) is 6.07 Å². The Morgan fingerprint density at radius 2 is 2.12 bits per heavy atom. The first kappa shape index (κ1) is 11.8. The highest BCUT2D eigenvalue weighted by atomic mass is 19.1. The van der Waals surface area contributed by atoms with Crippen molar-refractivity contribution in [2.75, 3.05) is 0 Å². The molecule has 0 aliphatic rings. The molecule has 0 atom stereocenters. The van der Waals surface area contributed by atoms with E-state index in [-0.39, 0.29) is 12.4 Å². The molecule has 0 aliphatic heterocycles. The van der Waals surface area contributed by atoms with Crippen LogP contribution in [0, 0.1) is 5.82 Å². The van der Waals surface area contributed by atoms with Crippen molar-refractivity contribution >= 4 is 0 Å². The monoisotopic (exact) mass is 235 g/mol. The lowest BCUT2D eigenvalue weighted by molar-refractivity contribution is 0.0909. The number of hydrogen-bond acceptors (Lipinski definition) is 3. The molecule has 1 heterocycles. The Morgan fingerprint density at radius 1 is 1.24 bits per heavy atom. The Bertz CT molecular complexity index is 468. The van der Waals surface area contributed by atoms with Gasteiger partial charge in [-0.2, -0.15) is 0 Å². The molecule has 0 radical (unpaired) electrons. The zero-order valence-corrected chi connectivity index (χ0v) is 9.36. The average Bonchev–Trinajstić information content (AvgIpc) is 2.84. The molecule has 0 saturated heterocycles. The number of furan rings is 1. The Hall–Kier alpha value is -1.65. The Kier molecular flexibility index (Phi) is 3.90. The topological polar surface area (TPSA) is 48.4 Å². The summed E-state index contributed by atoms with van der Waals surface area (Å²) >= 11 is 0.